The zero-order valence-corrected chi connectivity index (χ0v) is 15.5. The fourth-order valence-corrected chi connectivity index (χ4v) is 2.57. The van der Waals surface area contributed by atoms with Gasteiger partial charge in [-0.3, -0.25) is 9.59 Å². The molecule has 6 heteroatoms. The van der Waals surface area contributed by atoms with Crippen molar-refractivity contribution < 1.29 is 14.7 Å². The normalized spacial score (nSPS) is 11.5. The van der Waals surface area contributed by atoms with Crippen LogP contribution in [-0.2, 0) is 16.0 Å². The molecule has 0 aliphatic carbocycles. The summed E-state index contributed by atoms with van der Waals surface area (Å²) in [6, 6.07) is 12.2. The summed E-state index contributed by atoms with van der Waals surface area (Å²) in [7, 11) is 3.88. The van der Waals surface area contributed by atoms with Crippen LogP contribution in [0.4, 0.5) is 11.4 Å². The molecule has 0 radical (unpaired) electrons. The van der Waals surface area contributed by atoms with Gasteiger partial charge in [0.05, 0.1) is 0 Å². The lowest BCUT2D eigenvalue weighted by molar-refractivity contribution is -0.136. The summed E-state index contributed by atoms with van der Waals surface area (Å²) in [5.41, 5.74) is 3.48. The van der Waals surface area contributed by atoms with Crippen LogP contribution in [0.2, 0.25) is 0 Å². The summed E-state index contributed by atoms with van der Waals surface area (Å²) < 4.78 is 0. The average Bonchev–Trinajstić information content (AvgIpc) is 2.58. The van der Waals surface area contributed by atoms with E-state index in [1.807, 2.05) is 45.0 Å². The molecule has 2 amide bonds. The highest BCUT2D eigenvalue weighted by atomic mass is 16.3. The summed E-state index contributed by atoms with van der Waals surface area (Å²) in [5, 5.41) is 14.6. The summed E-state index contributed by atoms with van der Waals surface area (Å²) in [6.45, 7) is 3.71. The Bertz CT molecular complexity index is 785. The predicted octanol–water partition coefficient (Wildman–Crippen LogP) is 2.45. The van der Waals surface area contributed by atoms with Crippen LogP contribution in [0.25, 0.3) is 0 Å². The first-order valence-corrected chi connectivity index (χ1v) is 8.44. The lowest BCUT2D eigenvalue weighted by Crippen LogP contribution is -2.41. The Morgan fingerprint density at radius 2 is 1.73 bits per heavy atom. The molecular weight excluding hydrogens is 330 g/mol. The molecule has 1 unspecified atom stereocenters. The van der Waals surface area contributed by atoms with Gasteiger partial charge in [-0.25, -0.2) is 0 Å². The number of amides is 2. The van der Waals surface area contributed by atoms with E-state index in [9.17, 15) is 14.7 Å². The monoisotopic (exact) mass is 355 g/mol. The van der Waals surface area contributed by atoms with Crippen molar-refractivity contribution >= 4 is 23.2 Å². The molecule has 2 rings (SSSR count). The van der Waals surface area contributed by atoms with E-state index in [1.54, 1.807) is 30.3 Å². The molecule has 0 saturated heterocycles. The number of benzene rings is 2. The van der Waals surface area contributed by atoms with Crippen molar-refractivity contribution in [1.29, 1.82) is 0 Å². The second-order valence-corrected chi connectivity index (χ2v) is 6.59. The van der Waals surface area contributed by atoms with Gasteiger partial charge in [-0.05, 0) is 61.7 Å². The largest absolute Gasteiger partial charge is 0.508 e. The van der Waals surface area contributed by atoms with Gasteiger partial charge in [-0.15, -0.1) is 0 Å². The zero-order valence-electron chi connectivity index (χ0n) is 15.5. The van der Waals surface area contributed by atoms with E-state index in [2.05, 4.69) is 10.6 Å². The molecule has 0 spiro atoms. The number of hydrogen-bond acceptors (Lipinski definition) is 4. The van der Waals surface area contributed by atoms with E-state index in [4.69, 9.17) is 0 Å². The maximum absolute atomic E-state index is 12.1. The number of phenols is 1. The van der Waals surface area contributed by atoms with Crippen molar-refractivity contribution in [2.45, 2.75) is 26.3 Å². The summed E-state index contributed by atoms with van der Waals surface area (Å²) in [4.78, 5) is 26.2. The van der Waals surface area contributed by atoms with Gasteiger partial charge in [-0.2, -0.15) is 0 Å². The molecule has 0 heterocycles. The smallest absolute Gasteiger partial charge is 0.313 e. The standard InChI is InChI=1S/C20H25N3O3/c1-13-11-16(23(3)4)7-10-18(13)22-20(26)19(25)21-14(2)12-15-5-8-17(24)9-6-15/h5-11,14,24H,12H2,1-4H3,(H,21,25)(H,22,26). The number of carbonyl (C=O) groups excluding carboxylic acids is 2. The van der Waals surface area contributed by atoms with Gasteiger partial charge < -0.3 is 20.6 Å². The zero-order chi connectivity index (χ0) is 19.3. The number of nitrogens with one attached hydrogen (secondary N) is 2. The molecule has 26 heavy (non-hydrogen) atoms. The van der Waals surface area contributed by atoms with Crippen molar-refractivity contribution in [2.24, 2.45) is 0 Å². The minimum Gasteiger partial charge on any atom is -0.508 e. The molecule has 0 saturated carbocycles. The fraction of sp³-hybridized carbons (Fsp3) is 0.300. The third-order valence-corrected chi connectivity index (χ3v) is 4.04. The van der Waals surface area contributed by atoms with Crippen molar-refractivity contribution in [3.63, 3.8) is 0 Å². The first-order chi connectivity index (χ1) is 12.3. The van der Waals surface area contributed by atoms with Crippen LogP contribution >= 0.6 is 0 Å². The summed E-state index contributed by atoms with van der Waals surface area (Å²) in [6.07, 6.45) is 0.565. The molecule has 2 aromatic carbocycles. The van der Waals surface area contributed by atoms with E-state index in [-0.39, 0.29) is 11.8 Å². The first kappa shape index (κ1) is 19.3. The predicted molar refractivity (Wildman–Crippen MR) is 104 cm³/mol. The number of rotatable bonds is 5. The topological polar surface area (TPSA) is 81.7 Å². The molecule has 6 nitrogen and oxygen atoms in total. The average molecular weight is 355 g/mol. The highest BCUT2D eigenvalue weighted by molar-refractivity contribution is 6.39. The Labute approximate surface area is 153 Å². The Kier molecular flexibility index (Phi) is 6.22. The summed E-state index contributed by atoms with van der Waals surface area (Å²) >= 11 is 0. The molecule has 3 N–H and O–H groups in total. The van der Waals surface area contributed by atoms with Crippen LogP contribution < -0.4 is 15.5 Å². The van der Waals surface area contributed by atoms with Crippen molar-refractivity contribution in [3.8, 4) is 5.75 Å². The Hall–Kier alpha value is -3.02. The molecule has 0 bridgehead atoms. The third-order valence-electron chi connectivity index (χ3n) is 4.04. The highest BCUT2D eigenvalue weighted by Gasteiger charge is 2.17. The summed E-state index contributed by atoms with van der Waals surface area (Å²) in [5.74, 6) is -1.17. The highest BCUT2D eigenvalue weighted by Crippen LogP contribution is 2.21. The fourth-order valence-electron chi connectivity index (χ4n) is 2.57. The number of phenolic OH excluding ortho intramolecular Hbond substituents is 1. The number of anilines is 2. The Morgan fingerprint density at radius 3 is 2.31 bits per heavy atom. The third kappa shape index (κ3) is 5.24. The van der Waals surface area contributed by atoms with Crippen LogP contribution in [0.15, 0.2) is 42.5 Å². The van der Waals surface area contributed by atoms with Gasteiger partial charge in [0, 0.05) is 31.5 Å². The van der Waals surface area contributed by atoms with E-state index < -0.39 is 11.8 Å². The second kappa shape index (κ2) is 8.38. The number of nitrogens with zero attached hydrogens (tertiary/aromatic N) is 1. The van der Waals surface area contributed by atoms with Crippen molar-refractivity contribution in [2.75, 3.05) is 24.3 Å². The van der Waals surface area contributed by atoms with Crippen LogP contribution in [-0.4, -0.2) is 37.1 Å². The minimum absolute atomic E-state index is 0.195. The van der Waals surface area contributed by atoms with Crippen LogP contribution in [0.3, 0.4) is 0 Å². The second-order valence-electron chi connectivity index (χ2n) is 6.59. The number of hydrogen-bond donors (Lipinski definition) is 3. The Balaban J connectivity index is 1.92. The lowest BCUT2D eigenvalue weighted by Gasteiger charge is -2.16. The first-order valence-electron chi connectivity index (χ1n) is 8.44. The van der Waals surface area contributed by atoms with Gasteiger partial charge in [0.25, 0.3) is 0 Å². The maximum Gasteiger partial charge on any atom is 0.313 e. The van der Waals surface area contributed by atoms with E-state index in [0.29, 0.717) is 12.1 Å². The lowest BCUT2D eigenvalue weighted by atomic mass is 10.1. The molecule has 0 aliphatic heterocycles. The minimum atomic E-state index is -0.691. The molecule has 0 fully saturated rings. The Morgan fingerprint density at radius 1 is 1.08 bits per heavy atom. The van der Waals surface area contributed by atoms with Crippen molar-refractivity contribution in [1.82, 2.24) is 5.32 Å². The SMILES string of the molecule is Cc1cc(N(C)C)ccc1NC(=O)C(=O)NC(C)Cc1ccc(O)cc1. The van der Waals surface area contributed by atoms with Gasteiger partial charge >= 0.3 is 11.8 Å². The van der Waals surface area contributed by atoms with Crippen molar-refractivity contribution in [3.05, 3.63) is 53.6 Å². The molecular formula is C20H25N3O3. The molecule has 2 aromatic rings. The van der Waals surface area contributed by atoms with Gasteiger partial charge in [0.2, 0.25) is 0 Å². The molecule has 0 aliphatic rings. The number of aryl methyl sites for hydroxylation is 1. The molecule has 138 valence electrons. The van der Waals surface area contributed by atoms with Gasteiger partial charge in [0.1, 0.15) is 5.75 Å². The quantitative estimate of drug-likeness (QED) is 0.720. The van der Waals surface area contributed by atoms with Crippen LogP contribution in [0.5, 0.6) is 5.75 Å². The van der Waals surface area contributed by atoms with E-state index in [1.165, 1.54) is 0 Å². The van der Waals surface area contributed by atoms with E-state index >= 15 is 0 Å². The maximum atomic E-state index is 12.1. The van der Waals surface area contributed by atoms with E-state index in [0.717, 1.165) is 16.8 Å². The number of carbonyl (C=O) groups is 2. The van der Waals surface area contributed by atoms with Crippen LogP contribution in [0.1, 0.15) is 18.1 Å². The molecule has 1 atom stereocenters. The van der Waals surface area contributed by atoms with Crippen LogP contribution in [0, 0.1) is 6.92 Å². The molecule has 0 aromatic heterocycles. The van der Waals surface area contributed by atoms with Gasteiger partial charge in [0.15, 0.2) is 0 Å². The van der Waals surface area contributed by atoms with Gasteiger partial charge in [-0.1, -0.05) is 12.1 Å². The number of aromatic hydroxyl groups is 1.